The van der Waals surface area contributed by atoms with Crippen LogP contribution >= 0.6 is 0 Å². The number of hydrogen-bond acceptors (Lipinski definition) is 3. The van der Waals surface area contributed by atoms with Crippen molar-refractivity contribution in [3.63, 3.8) is 0 Å². The van der Waals surface area contributed by atoms with E-state index in [4.69, 9.17) is 0 Å². The zero-order valence-electron chi connectivity index (χ0n) is 5.88. The number of hydrogen-bond donors (Lipinski definition) is 0. The molecule has 0 unspecified atom stereocenters. The summed E-state index contributed by atoms with van der Waals surface area (Å²) in [5.74, 6) is -3.29. The van der Waals surface area contributed by atoms with Crippen molar-refractivity contribution >= 4 is 10.1 Å². The minimum Gasteiger partial charge on any atom is -0.264 e. The highest BCUT2D eigenvalue weighted by Gasteiger charge is 2.26. The first-order chi connectivity index (χ1) is 4.77. The Hall–Kier alpha value is -0.490. The first kappa shape index (κ1) is 10.5. The molecule has 3 nitrogen and oxygen atoms in total. The fourth-order valence-corrected chi connectivity index (χ4v) is 0.616. The summed E-state index contributed by atoms with van der Waals surface area (Å²) in [7, 11) is -3.80. The fraction of sp³-hybridized carbons (Fsp3) is 0.600. The molecule has 11 heavy (non-hydrogen) atoms. The van der Waals surface area contributed by atoms with Gasteiger partial charge in [0.05, 0.1) is 6.26 Å². The monoisotopic (exact) mass is 186 g/mol. The smallest absolute Gasteiger partial charge is 0.264 e. The first-order valence-electron chi connectivity index (χ1n) is 2.63. The second kappa shape index (κ2) is 3.27. The summed E-state index contributed by atoms with van der Waals surface area (Å²) < 4.78 is 48.6. The van der Waals surface area contributed by atoms with Gasteiger partial charge < -0.3 is 0 Å². The summed E-state index contributed by atoms with van der Waals surface area (Å²) in [6.07, 6.45) is 1.03. The molecular formula is C5H8F2O3S. The van der Waals surface area contributed by atoms with Crippen molar-refractivity contribution < 1.29 is 21.4 Å². The van der Waals surface area contributed by atoms with Gasteiger partial charge in [-0.15, -0.1) is 0 Å². The summed E-state index contributed by atoms with van der Waals surface area (Å²) >= 11 is 0. The highest BCUT2D eigenvalue weighted by atomic mass is 32.2. The van der Waals surface area contributed by atoms with E-state index in [0.717, 1.165) is 0 Å². The van der Waals surface area contributed by atoms with Gasteiger partial charge in [0.2, 0.25) is 0 Å². The molecule has 0 saturated heterocycles. The molecular weight excluding hydrogens is 178 g/mol. The molecule has 0 fully saturated rings. The van der Waals surface area contributed by atoms with Crippen molar-refractivity contribution in [2.45, 2.75) is 5.92 Å². The third-order valence-electron chi connectivity index (χ3n) is 0.764. The van der Waals surface area contributed by atoms with Crippen molar-refractivity contribution in [3.05, 3.63) is 12.7 Å². The number of halogens is 2. The normalized spacial score (nSPS) is 13.0. The molecule has 0 aromatic heterocycles. The van der Waals surface area contributed by atoms with Crippen LogP contribution in [0.5, 0.6) is 0 Å². The summed E-state index contributed by atoms with van der Waals surface area (Å²) in [5.41, 5.74) is 0. The summed E-state index contributed by atoms with van der Waals surface area (Å²) in [4.78, 5) is 0. The van der Waals surface area contributed by atoms with Crippen molar-refractivity contribution in [3.8, 4) is 0 Å². The number of rotatable bonds is 4. The lowest BCUT2D eigenvalue weighted by Crippen LogP contribution is -2.22. The van der Waals surface area contributed by atoms with Gasteiger partial charge in [-0.25, -0.2) is 0 Å². The van der Waals surface area contributed by atoms with E-state index in [1.165, 1.54) is 0 Å². The number of alkyl halides is 2. The molecule has 0 amide bonds. The van der Waals surface area contributed by atoms with Crippen LogP contribution in [0.3, 0.4) is 0 Å². The molecule has 0 heterocycles. The topological polar surface area (TPSA) is 43.4 Å². The first-order valence-corrected chi connectivity index (χ1v) is 4.44. The van der Waals surface area contributed by atoms with Crippen molar-refractivity contribution in [2.75, 3.05) is 12.9 Å². The predicted molar refractivity (Wildman–Crippen MR) is 35.9 cm³/mol. The predicted octanol–water partition coefficient (Wildman–Crippen LogP) is 0.784. The van der Waals surface area contributed by atoms with Crippen LogP contribution in [0, 0.1) is 0 Å². The van der Waals surface area contributed by atoms with Crippen LogP contribution in [0.4, 0.5) is 8.78 Å². The molecule has 0 spiro atoms. The Bertz CT molecular complexity index is 232. The van der Waals surface area contributed by atoms with E-state index < -0.39 is 22.6 Å². The third kappa shape index (κ3) is 5.93. The molecule has 0 radical (unpaired) electrons. The highest BCUT2D eigenvalue weighted by molar-refractivity contribution is 7.85. The van der Waals surface area contributed by atoms with Gasteiger partial charge >= 0.3 is 0 Å². The van der Waals surface area contributed by atoms with Gasteiger partial charge in [0.1, 0.15) is 6.61 Å². The molecule has 0 N–H and O–H groups in total. The largest absolute Gasteiger partial charge is 0.290 e. The lowest BCUT2D eigenvalue weighted by atomic mass is 10.4. The Morgan fingerprint density at radius 1 is 1.64 bits per heavy atom. The zero-order valence-corrected chi connectivity index (χ0v) is 6.70. The van der Waals surface area contributed by atoms with Gasteiger partial charge in [-0.05, 0) is 6.08 Å². The summed E-state index contributed by atoms with van der Waals surface area (Å²) in [6.45, 7) is 1.62. The van der Waals surface area contributed by atoms with E-state index in [1.54, 1.807) is 0 Å². The van der Waals surface area contributed by atoms with Crippen LogP contribution in [0.25, 0.3) is 0 Å². The molecule has 0 aromatic rings. The SMILES string of the molecule is C=CC(F)(F)COS(C)(=O)=O. The molecule has 0 bridgehead atoms. The molecule has 0 aliphatic carbocycles. The average Bonchev–Trinajstić information content (AvgIpc) is 1.83. The van der Waals surface area contributed by atoms with E-state index in [0.29, 0.717) is 12.3 Å². The Morgan fingerprint density at radius 2 is 2.09 bits per heavy atom. The molecule has 0 rings (SSSR count). The Balaban J connectivity index is 4.00. The zero-order chi connectivity index (χ0) is 9.12. The van der Waals surface area contributed by atoms with Crippen LogP contribution in [0.15, 0.2) is 12.7 Å². The van der Waals surface area contributed by atoms with Gasteiger partial charge in [-0.2, -0.15) is 17.2 Å². The van der Waals surface area contributed by atoms with E-state index in [2.05, 4.69) is 10.8 Å². The quantitative estimate of drug-likeness (QED) is 0.481. The molecule has 0 aromatic carbocycles. The molecule has 0 aliphatic heterocycles. The van der Waals surface area contributed by atoms with E-state index in [1.807, 2.05) is 0 Å². The van der Waals surface area contributed by atoms with Crippen LogP contribution in [0.1, 0.15) is 0 Å². The maximum Gasteiger partial charge on any atom is 0.290 e. The van der Waals surface area contributed by atoms with Crippen LogP contribution in [-0.2, 0) is 14.3 Å². The highest BCUT2D eigenvalue weighted by Crippen LogP contribution is 2.14. The van der Waals surface area contributed by atoms with Crippen LogP contribution < -0.4 is 0 Å². The minimum absolute atomic E-state index is 0.332. The molecule has 6 heteroatoms. The van der Waals surface area contributed by atoms with Gasteiger partial charge in [0, 0.05) is 0 Å². The Kier molecular flexibility index (Phi) is 3.13. The van der Waals surface area contributed by atoms with Gasteiger partial charge in [0.25, 0.3) is 16.0 Å². The average molecular weight is 186 g/mol. The Labute approximate surface area is 63.8 Å². The second-order valence-electron chi connectivity index (χ2n) is 1.93. The Morgan fingerprint density at radius 3 is 2.36 bits per heavy atom. The van der Waals surface area contributed by atoms with E-state index >= 15 is 0 Å². The third-order valence-corrected chi connectivity index (χ3v) is 1.31. The maximum atomic E-state index is 12.2. The van der Waals surface area contributed by atoms with E-state index in [-0.39, 0.29) is 0 Å². The maximum absolute atomic E-state index is 12.2. The molecule has 0 saturated carbocycles. The van der Waals surface area contributed by atoms with Gasteiger partial charge in [-0.1, -0.05) is 6.58 Å². The lowest BCUT2D eigenvalue weighted by molar-refractivity contribution is 0.00790. The summed E-state index contributed by atoms with van der Waals surface area (Å²) in [5, 5.41) is 0. The molecule has 0 aliphatic rings. The van der Waals surface area contributed by atoms with Crippen molar-refractivity contribution in [1.29, 1.82) is 0 Å². The van der Waals surface area contributed by atoms with Crippen molar-refractivity contribution in [1.82, 2.24) is 0 Å². The second-order valence-corrected chi connectivity index (χ2v) is 3.58. The van der Waals surface area contributed by atoms with E-state index in [9.17, 15) is 17.2 Å². The van der Waals surface area contributed by atoms with Crippen LogP contribution in [0.2, 0.25) is 0 Å². The van der Waals surface area contributed by atoms with Crippen LogP contribution in [-0.4, -0.2) is 27.2 Å². The van der Waals surface area contributed by atoms with Crippen molar-refractivity contribution in [2.24, 2.45) is 0 Å². The molecule has 0 atom stereocenters. The standard InChI is InChI=1S/C5H8F2O3S/c1-3-5(6,7)4-10-11(2,8)9/h3H,1,4H2,2H3. The lowest BCUT2D eigenvalue weighted by Gasteiger charge is -2.09. The minimum atomic E-state index is -3.80. The van der Waals surface area contributed by atoms with Gasteiger partial charge in [-0.3, -0.25) is 4.18 Å². The summed E-state index contributed by atoms with van der Waals surface area (Å²) in [6, 6.07) is 0. The van der Waals surface area contributed by atoms with Gasteiger partial charge in [0.15, 0.2) is 0 Å². The molecule has 66 valence electrons. The fourth-order valence-electron chi connectivity index (χ4n) is 0.245.